The van der Waals surface area contributed by atoms with Crippen molar-refractivity contribution in [2.24, 2.45) is 0 Å². The molecule has 7 heteroatoms. The summed E-state index contributed by atoms with van der Waals surface area (Å²) in [5.74, 6) is 1.43. The van der Waals surface area contributed by atoms with Gasteiger partial charge in [0.25, 0.3) is 0 Å². The van der Waals surface area contributed by atoms with Crippen molar-refractivity contribution in [3.05, 3.63) is 77.5 Å². The average Bonchev–Trinajstić information content (AvgIpc) is 3.20. The lowest BCUT2D eigenvalue weighted by atomic mass is 10.1. The van der Waals surface area contributed by atoms with Gasteiger partial charge in [0.2, 0.25) is 5.91 Å². The normalized spacial score (nSPS) is 10.7. The number of carbonyl (C=O) groups excluding carboxylic acids is 1. The largest absolute Gasteiger partial charge is 0.494 e. The van der Waals surface area contributed by atoms with Crippen LogP contribution in [-0.2, 0) is 4.79 Å². The standard InChI is InChI=1S/C25H23N5O2/c1-17-8-6-11-21-18(2)14-22(28-24(17)21)30-25(19(15-26)16-27-30)29-23(31)12-7-13-32-20-9-4-3-5-10-20/h3-6,8-11,14,16H,7,12-13H2,1-2H3,(H,29,31). The minimum absolute atomic E-state index is 0.214. The summed E-state index contributed by atoms with van der Waals surface area (Å²) in [6.07, 6.45) is 2.24. The van der Waals surface area contributed by atoms with Crippen molar-refractivity contribution in [3.63, 3.8) is 0 Å². The summed E-state index contributed by atoms with van der Waals surface area (Å²) >= 11 is 0. The van der Waals surface area contributed by atoms with Crippen molar-refractivity contribution in [1.82, 2.24) is 14.8 Å². The fourth-order valence-corrected chi connectivity index (χ4v) is 3.51. The monoisotopic (exact) mass is 425 g/mol. The number of rotatable bonds is 7. The Morgan fingerprint density at radius 3 is 2.72 bits per heavy atom. The van der Waals surface area contributed by atoms with Crippen molar-refractivity contribution in [3.8, 4) is 17.6 Å². The predicted molar refractivity (Wildman–Crippen MR) is 123 cm³/mol. The Morgan fingerprint density at radius 2 is 1.94 bits per heavy atom. The number of nitrogens with zero attached hydrogens (tertiary/aromatic N) is 4. The van der Waals surface area contributed by atoms with Crippen LogP contribution in [0.4, 0.5) is 5.82 Å². The van der Waals surface area contributed by atoms with Gasteiger partial charge in [-0.2, -0.15) is 15.0 Å². The molecule has 7 nitrogen and oxygen atoms in total. The Balaban J connectivity index is 1.51. The van der Waals surface area contributed by atoms with E-state index in [0.29, 0.717) is 24.7 Å². The number of anilines is 1. The second-order valence-corrected chi connectivity index (χ2v) is 7.51. The Bertz CT molecular complexity index is 1310. The van der Waals surface area contributed by atoms with Gasteiger partial charge in [-0.3, -0.25) is 4.79 Å². The molecule has 0 aliphatic heterocycles. The maximum Gasteiger partial charge on any atom is 0.225 e. The van der Waals surface area contributed by atoms with E-state index in [1.807, 2.05) is 68.4 Å². The van der Waals surface area contributed by atoms with Gasteiger partial charge in [-0.05, 0) is 49.6 Å². The van der Waals surface area contributed by atoms with Crippen molar-refractivity contribution >= 4 is 22.6 Å². The van der Waals surface area contributed by atoms with Gasteiger partial charge in [-0.25, -0.2) is 4.98 Å². The van der Waals surface area contributed by atoms with Crippen LogP contribution >= 0.6 is 0 Å². The van der Waals surface area contributed by atoms with Gasteiger partial charge in [0, 0.05) is 11.8 Å². The summed E-state index contributed by atoms with van der Waals surface area (Å²) < 4.78 is 7.14. The lowest BCUT2D eigenvalue weighted by molar-refractivity contribution is -0.116. The molecule has 1 N–H and O–H groups in total. The van der Waals surface area contributed by atoms with E-state index in [2.05, 4.69) is 16.5 Å². The molecule has 0 saturated carbocycles. The molecule has 2 heterocycles. The fraction of sp³-hybridized carbons (Fsp3) is 0.200. The van der Waals surface area contributed by atoms with Gasteiger partial charge < -0.3 is 10.1 Å². The molecule has 0 unspecified atom stereocenters. The number of nitriles is 1. The molecule has 0 aliphatic rings. The minimum Gasteiger partial charge on any atom is -0.494 e. The lowest BCUT2D eigenvalue weighted by Crippen LogP contribution is -2.17. The third-order valence-electron chi connectivity index (χ3n) is 5.16. The molecule has 0 radical (unpaired) electrons. The molecule has 32 heavy (non-hydrogen) atoms. The highest BCUT2D eigenvalue weighted by molar-refractivity contribution is 5.91. The maximum absolute atomic E-state index is 12.6. The van der Waals surface area contributed by atoms with E-state index >= 15 is 0 Å². The molecule has 4 aromatic rings. The van der Waals surface area contributed by atoms with E-state index in [0.717, 1.165) is 27.8 Å². The molecule has 0 spiro atoms. The number of fused-ring (bicyclic) bond motifs is 1. The van der Waals surface area contributed by atoms with Gasteiger partial charge >= 0.3 is 0 Å². The molecular weight excluding hydrogens is 402 g/mol. The highest BCUT2D eigenvalue weighted by atomic mass is 16.5. The summed E-state index contributed by atoms with van der Waals surface area (Å²) in [6.45, 7) is 4.43. The van der Waals surface area contributed by atoms with Gasteiger partial charge in [-0.15, -0.1) is 0 Å². The van der Waals surface area contributed by atoms with Crippen LogP contribution in [0.25, 0.3) is 16.7 Å². The van der Waals surface area contributed by atoms with Crippen molar-refractivity contribution < 1.29 is 9.53 Å². The summed E-state index contributed by atoms with van der Waals surface area (Å²) in [4.78, 5) is 17.3. The highest BCUT2D eigenvalue weighted by Gasteiger charge is 2.17. The van der Waals surface area contributed by atoms with Crippen LogP contribution in [0.15, 0.2) is 60.8 Å². The quantitative estimate of drug-likeness (QED) is 0.433. The zero-order valence-electron chi connectivity index (χ0n) is 18.0. The summed E-state index contributed by atoms with van der Waals surface area (Å²) in [7, 11) is 0. The number of hydrogen-bond acceptors (Lipinski definition) is 5. The smallest absolute Gasteiger partial charge is 0.225 e. The Morgan fingerprint density at radius 1 is 1.12 bits per heavy atom. The van der Waals surface area contributed by atoms with E-state index in [-0.39, 0.29) is 17.9 Å². The molecular formula is C25H23N5O2. The number of benzene rings is 2. The Labute approximate surface area is 186 Å². The van der Waals surface area contributed by atoms with Crippen LogP contribution in [0.2, 0.25) is 0 Å². The highest BCUT2D eigenvalue weighted by Crippen LogP contribution is 2.25. The predicted octanol–water partition coefficient (Wildman–Crippen LogP) is 4.71. The van der Waals surface area contributed by atoms with Crippen molar-refractivity contribution in [2.75, 3.05) is 11.9 Å². The maximum atomic E-state index is 12.6. The second-order valence-electron chi connectivity index (χ2n) is 7.51. The first-order chi connectivity index (χ1) is 15.6. The molecule has 1 amide bonds. The summed E-state index contributed by atoms with van der Waals surface area (Å²) in [5, 5.41) is 17.7. The lowest BCUT2D eigenvalue weighted by Gasteiger charge is -2.12. The van der Waals surface area contributed by atoms with E-state index in [9.17, 15) is 10.1 Å². The van der Waals surface area contributed by atoms with Crippen LogP contribution in [-0.4, -0.2) is 27.3 Å². The van der Waals surface area contributed by atoms with E-state index < -0.39 is 0 Å². The Kier molecular flexibility index (Phi) is 6.13. The molecule has 160 valence electrons. The average molecular weight is 425 g/mol. The van der Waals surface area contributed by atoms with Crippen LogP contribution in [0.3, 0.4) is 0 Å². The van der Waals surface area contributed by atoms with E-state index in [1.165, 1.54) is 10.9 Å². The second kappa shape index (κ2) is 9.31. The molecule has 2 aromatic carbocycles. The third-order valence-corrected chi connectivity index (χ3v) is 5.16. The molecule has 0 atom stereocenters. The van der Waals surface area contributed by atoms with Crippen LogP contribution in [0.1, 0.15) is 29.5 Å². The van der Waals surface area contributed by atoms with Crippen LogP contribution < -0.4 is 10.1 Å². The molecule has 2 aromatic heterocycles. The van der Waals surface area contributed by atoms with Gasteiger partial charge in [0.15, 0.2) is 11.6 Å². The number of aryl methyl sites for hydroxylation is 2. The third kappa shape index (κ3) is 4.44. The number of hydrogen-bond donors (Lipinski definition) is 1. The fourth-order valence-electron chi connectivity index (χ4n) is 3.51. The zero-order valence-corrected chi connectivity index (χ0v) is 18.0. The first-order valence-corrected chi connectivity index (χ1v) is 10.4. The zero-order chi connectivity index (χ0) is 22.5. The number of pyridine rings is 1. The van der Waals surface area contributed by atoms with E-state index in [1.54, 1.807) is 0 Å². The minimum atomic E-state index is -0.214. The number of aromatic nitrogens is 3. The number of nitrogens with one attached hydrogen (secondary N) is 1. The van der Waals surface area contributed by atoms with Crippen molar-refractivity contribution in [1.29, 1.82) is 5.26 Å². The van der Waals surface area contributed by atoms with E-state index in [4.69, 9.17) is 9.72 Å². The number of carbonyl (C=O) groups is 1. The topological polar surface area (TPSA) is 92.8 Å². The van der Waals surface area contributed by atoms with Gasteiger partial charge in [0.1, 0.15) is 17.4 Å². The van der Waals surface area contributed by atoms with Crippen LogP contribution in [0, 0.1) is 25.2 Å². The van der Waals surface area contributed by atoms with Crippen molar-refractivity contribution in [2.45, 2.75) is 26.7 Å². The number of amides is 1. The van der Waals surface area contributed by atoms with Crippen LogP contribution in [0.5, 0.6) is 5.75 Å². The molecule has 0 fully saturated rings. The number of para-hydroxylation sites is 2. The Hall–Kier alpha value is -4.18. The first kappa shape index (κ1) is 21.1. The molecule has 0 aliphatic carbocycles. The SMILES string of the molecule is Cc1cc(-n2ncc(C#N)c2NC(=O)CCCOc2ccccc2)nc2c(C)cccc12. The molecule has 0 saturated heterocycles. The summed E-state index contributed by atoms with van der Waals surface area (Å²) in [5.41, 5.74) is 3.23. The van der Waals surface area contributed by atoms with Gasteiger partial charge in [-0.1, -0.05) is 36.4 Å². The number of ether oxygens (including phenoxy) is 1. The molecule has 4 rings (SSSR count). The first-order valence-electron chi connectivity index (χ1n) is 10.4. The summed E-state index contributed by atoms with van der Waals surface area (Å²) in [6, 6.07) is 19.5. The van der Waals surface area contributed by atoms with Gasteiger partial charge in [0.05, 0.1) is 18.3 Å². The molecule has 0 bridgehead atoms.